The first-order valence-corrected chi connectivity index (χ1v) is 8.69. The van der Waals surface area contributed by atoms with E-state index in [1.807, 2.05) is 24.4 Å². The van der Waals surface area contributed by atoms with Crippen molar-refractivity contribution in [2.24, 2.45) is 5.73 Å². The number of hydrogen-bond acceptors (Lipinski definition) is 5. The molecule has 2 aromatic heterocycles. The second-order valence-electron chi connectivity index (χ2n) is 6.47. The molecule has 0 spiro atoms. The molecule has 26 heavy (non-hydrogen) atoms. The van der Waals surface area contributed by atoms with Gasteiger partial charge in [-0.1, -0.05) is 30.3 Å². The molecule has 1 atom stereocenters. The molecule has 0 bridgehead atoms. The summed E-state index contributed by atoms with van der Waals surface area (Å²) in [6.45, 7) is 1.72. The van der Waals surface area contributed by atoms with Gasteiger partial charge >= 0.3 is 0 Å². The Morgan fingerprint density at radius 2 is 2.00 bits per heavy atom. The second kappa shape index (κ2) is 6.95. The number of rotatable bonds is 4. The summed E-state index contributed by atoms with van der Waals surface area (Å²) in [5.41, 5.74) is 7.57. The van der Waals surface area contributed by atoms with Crippen molar-refractivity contribution in [3.63, 3.8) is 0 Å². The quantitative estimate of drug-likeness (QED) is 0.754. The highest BCUT2D eigenvalue weighted by Crippen LogP contribution is 2.29. The first-order valence-electron chi connectivity index (χ1n) is 8.69. The number of aromatic nitrogens is 4. The number of carbonyl (C=O) groups is 1. The Labute approximate surface area is 151 Å². The van der Waals surface area contributed by atoms with Gasteiger partial charge in [-0.25, -0.2) is 4.98 Å². The predicted molar refractivity (Wildman–Crippen MR) is 98.8 cm³/mol. The van der Waals surface area contributed by atoms with Gasteiger partial charge in [0.05, 0.1) is 11.9 Å². The van der Waals surface area contributed by atoms with Crippen molar-refractivity contribution >= 4 is 11.7 Å². The number of nitrogens with zero attached hydrogens (tertiary/aromatic N) is 4. The molecule has 1 fully saturated rings. The minimum atomic E-state index is -0.565. The van der Waals surface area contributed by atoms with E-state index in [9.17, 15) is 4.79 Å². The summed E-state index contributed by atoms with van der Waals surface area (Å²) in [5, 5.41) is 8.05. The number of amides is 1. The fraction of sp³-hybridized carbons (Fsp3) is 0.263. The van der Waals surface area contributed by atoms with Crippen LogP contribution in [-0.2, 0) is 0 Å². The van der Waals surface area contributed by atoms with Gasteiger partial charge in [-0.15, -0.1) is 10.2 Å². The van der Waals surface area contributed by atoms with Crippen LogP contribution in [0.1, 0.15) is 35.1 Å². The van der Waals surface area contributed by atoms with Gasteiger partial charge in [0, 0.05) is 19.0 Å². The molecule has 1 aliphatic rings. The molecule has 1 amide bonds. The largest absolute Gasteiger partial charge is 0.364 e. The van der Waals surface area contributed by atoms with E-state index >= 15 is 0 Å². The first-order chi connectivity index (χ1) is 12.7. The zero-order valence-electron chi connectivity index (χ0n) is 14.3. The van der Waals surface area contributed by atoms with Crippen LogP contribution in [0.3, 0.4) is 0 Å². The highest BCUT2D eigenvalue weighted by atomic mass is 16.1. The third kappa shape index (κ3) is 3.28. The number of nitrogens with one attached hydrogen (secondary N) is 1. The fourth-order valence-corrected chi connectivity index (χ4v) is 3.34. The normalized spacial score (nSPS) is 17.2. The molecule has 7 nitrogen and oxygen atoms in total. The lowest BCUT2D eigenvalue weighted by Crippen LogP contribution is -2.35. The van der Waals surface area contributed by atoms with Crippen molar-refractivity contribution in [2.75, 3.05) is 18.0 Å². The van der Waals surface area contributed by atoms with E-state index in [0.717, 1.165) is 48.8 Å². The summed E-state index contributed by atoms with van der Waals surface area (Å²) >= 11 is 0. The Balaban J connectivity index is 1.50. The van der Waals surface area contributed by atoms with Crippen molar-refractivity contribution in [1.29, 1.82) is 0 Å². The Hall–Kier alpha value is -3.22. The third-order valence-electron chi connectivity index (χ3n) is 4.72. The monoisotopic (exact) mass is 348 g/mol. The van der Waals surface area contributed by atoms with Crippen LogP contribution < -0.4 is 10.6 Å². The van der Waals surface area contributed by atoms with Gasteiger partial charge in [0.1, 0.15) is 5.82 Å². The second-order valence-corrected chi connectivity index (χ2v) is 6.47. The van der Waals surface area contributed by atoms with Crippen LogP contribution in [0.4, 0.5) is 5.82 Å². The Morgan fingerprint density at radius 1 is 1.15 bits per heavy atom. The SMILES string of the molecule is NC(=O)c1ccc(N2CCCC(c3ncc(-c4ccccc4)[nH]3)C2)nn1. The molecule has 132 valence electrons. The minimum absolute atomic E-state index is 0.181. The molecular formula is C19H20N6O. The van der Waals surface area contributed by atoms with Crippen molar-refractivity contribution in [2.45, 2.75) is 18.8 Å². The number of benzene rings is 1. The number of carbonyl (C=O) groups excluding carboxylic acids is 1. The molecule has 3 N–H and O–H groups in total. The lowest BCUT2D eigenvalue weighted by molar-refractivity contribution is 0.0994. The molecule has 0 saturated carbocycles. The maximum absolute atomic E-state index is 11.1. The minimum Gasteiger partial charge on any atom is -0.364 e. The number of piperidine rings is 1. The van der Waals surface area contributed by atoms with Crippen LogP contribution in [0.2, 0.25) is 0 Å². The Kier molecular flexibility index (Phi) is 4.35. The standard InChI is InChI=1S/C19H20N6O/c20-18(26)15-8-9-17(24-23-15)25-10-4-7-14(12-25)19-21-11-16(22-19)13-5-2-1-3-6-13/h1-3,5-6,8-9,11,14H,4,7,10,12H2,(H2,20,26)(H,21,22). The van der Waals surface area contributed by atoms with Crippen molar-refractivity contribution in [1.82, 2.24) is 20.2 Å². The van der Waals surface area contributed by atoms with Crippen LogP contribution in [0.25, 0.3) is 11.3 Å². The molecule has 3 aromatic rings. The number of primary amides is 1. The molecule has 3 heterocycles. The fourth-order valence-electron chi connectivity index (χ4n) is 3.34. The van der Waals surface area contributed by atoms with Gasteiger partial charge < -0.3 is 15.6 Å². The smallest absolute Gasteiger partial charge is 0.269 e. The van der Waals surface area contributed by atoms with Crippen molar-refractivity contribution in [3.8, 4) is 11.3 Å². The van der Waals surface area contributed by atoms with E-state index in [2.05, 4.69) is 37.2 Å². The highest BCUT2D eigenvalue weighted by Gasteiger charge is 2.25. The lowest BCUT2D eigenvalue weighted by Gasteiger charge is -2.32. The molecule has 0 aliphatic carbocycles. The average molecular weight is 348 g/mol. The van der Waals surface area contributed by atoms with Crippen LogP contribution in [0.5, 0.6) is 0 Å². The van der Waals surface area contributed by atoms with Crippen LogP contribution in [0.15, 0.2) is 48.7 Å². The lowest BCUT2D eigenvalue weighted by atomic mass is 9.97. The predicted octanol–water partition coefficient (Wildman–Crippen LogP) is 2.35. The molecule has 0 radical (unpaired) electrons. The highest BCUT2D eigenvalue weighted by molar-refractivity contribution is 5.90. The topological polar surface area (TPSA) is 101 Å². The van der Waals surface area contributed by atoms with E-state index in [4.69, 9.17) is 5.73 Å². The first kappa shape index (κ1) is 16.3. The molecule has 1 unspecified atom stereocenters. The summed E-state index contributed by atoms with van der Waals surface area (Å²) in [6.07, 6.45) is 4.02. The molecular weight excluding hydrogens is 328 g/mol. The van der Waals surface area contributed by atoms with Crippen molar-refractivity contribution in [3.05, 3.63) is 60.2 Å². The summed E-state index contributed by atoms with van der Waals surface area (Å²) in [5.74, 6) is 1.49. The van der Waals surface area contributed by atoms with E-state index in [1.165, 1.54) is 0 Å². The van der Waals surface area contributed by atoms with Gasteiger partial charge in [-0.05, 0) is 30.5 Å². The summed E-state index contributed by atoms with van der Waals surface area (Å²) in [4.78, 5) is 21.4. The molecule has 1 saturated heterocycles. The number of H-pyrrole nitrogens is 1. The number of hydrogen-bond donors (Lipinski definition) is 2. The number of anilines is 1. The van der Waals surface area contributed by atoms with E-state index < -0.39 is 5.91 Å². The Bertz CT molecular complexity index is 890. The van der Waals surface area contributed by atoms with Crippen LogP contribution >= 0.6 is 0 Å². The maximum atomic E-state index is 11.1. The number of nitrogens with two attached hydrogens (primary N) is 1. The number of aromatic amines is 1. The van der Waals surface area contributed by atoms with E-state index in [1.54, 1.807) is 12.1 Å². The molecule has 1 aliphatic heterocycles. The van der Waals surface area contributed by atoms with Gasteiger partial charge in [0.15, 0.2) is 11.5 Å². The summed E-state index contributed by atoms with van der Waals surface area (Å²) in [7, 11) is 0. The van der Waals surface area contributed by atoms with E-state index in [0.29, 0.717) is 5.92 Å². The zero-order valence-corrected chi connectivity index (χ0v) is 14.3. The van der Waals surface area contributed by atoms with Crippen molar-refractivity contribution < 1.29 is 4.79 Å². The number of imidazole rings is 1. The van der Waals surface area contributed by atoms with Crippen LogP contribution in [-0.4, -0.2) is 39.2 Å². The molecule has 1 aromatic carbocycles. The average Bonchev–Trinajstić information content (AvgIpc) is 3.19. The summed E-state index contributed by atoms with van der Waals surface area (Å²) < 4.78 is 0. The molecule has 4 rings (SSSR count). The molecule has 7 heteroatoms. The van der Waals surface area contributed by atoms with Gasteiger partial charge in [0.2, 0.25) is 0 Å². The maximum Gasteiger partial charge on any atom is 0.269 e. The van der Waals surface area contributed by atoms with Gasteiger partial charge in [-0.3, -0.25) is 4.79 Å². The Morgan fingerprint density at radius 3 is 2.73 bits per heavy atom. The van der Waals surface area contributed by atoms with E-state index in [-0.39, 0.29) is 5.69 Å². The third-order valence-corrected chi connectivity index (χ3v) is 4.72. The van der Waals surface area contributed by atoms with Gasteiger partial charge in [-0.2, -0.15) is 0 Å². The zero-order chi connectivity index (χ0) is 17.9. The van der Waals surface area contributed by atoms with Gasteiger partial charge in [0.25, 0.3) is 5.91 Å². The summed E-state index contributed by atoms with van der Waals surface area (Å²) in [6, 6.07) is 13.6. The van der Waals surface area contributed by atoms with Crippen LogP contribution in [0, 0.1) is 0 Å².